The number of nitrogens with one attached hydrogen (secondary N) is 1. The Kier molecular flexibility index (Phi) is 4.75. The predicted molar refractivity (Wildman–Crippen MR) is 76.0 cm³/mol. The zero-order valence-electron chi connectivity index (χ0n) is 11.4. The minimum atomic E-state index is -0.204. The Bertz CT molecular complexity index is 537. The number of amides is 1. The molecular weight excluding hydrogens is 254 g/mol. The van der Waals surface area contributed by atoms with Crippen LogP contribution in [-0.4, -0.2) is 44.1 Å². The molecule has 0 radical (unpaired) electrons. The third-order valence-electron chi connectivity index (χ3n) is 3.18. The van der Waals surface area contributed by atoms with E-state index in [9.17, 15) is 10.1 Å². The first-order chi connectivity index (χ1) is 9.74. The number of nitrogens with zero attached hydrogens (tertiary/aromatic N) is 2. The van der Waals surface area contributed by atoms with Gasteiger partial charge in [-0.25, -0.2) is 0 Å². The molecule has 0 aromatic heterocycles. The van der Waals surface area contributed by atoms with Crippen molar-refractivity contribution in [3.63, 3.8) is 0 Å². The zero-order chi connectivity index (χ0) is 14.4. The summed E-state index contributed by atoms with van der Waals surface area (Å²) in [6, 6.07) is 9.24. The molecule has 1 aliphatic rings. The molecule has 1 fully saturated rings. The van der Waals surface area contributed by atoms with E-state index in [0.29, 0.717) is 13.1 Å². The fourth-order valence-electron chi connectivity index (χ4n) is 2.05. The number of ether oxygens (including phenoxy) is 1. The molecule has 0 atom stereocenters. The molecule has 0 spiro atoms. The lowest BCUT2D eigenvalue weighted by atomic mass is 10.1. The fourth-order valence-corrected chi connectivity index (χ4v) is 2.05. The Morgan fingerprint density at radius 2 is 2.00 bits per heavy atom. The summed E-state index contributed by atoms with van der Waals surface area (Å²) >= 11 is 0. The van der Waals surface area contributed by atoms with Crippen LogP contribution in [0.3, 0.4) is 0 Å². The summed E-state index contributed by atoms with van der Waals surface area (Å²) in [6.07, 6.45) is 1.61. The van der Waals surface area contributed by atoms with Gasteiger partial charge in [0.15, 0.2) is 0 Å². The Morgan fingerprint density at radius 1 is 1.35 bits per heavy atom. The van der Waals surface area contributed by atoms with Crippen LogP contribution >= 0.6 is 0 Å². The van der Waals surface area contributed by atoms with Crippen LogP contribution in [0.1, 0.15) is 5.56 Å². The van der Waals surface area contributed by atoms with Gasteiger partial charge in [0, 0.05) is 26.2 Å². The van der Waals surface area contributed by atoms with Crippen LogP contribution in [0.5, 0.6) is 5.75 Å². The van der Waals surface area contributed by atoms with Crippen molar-refractivity contribution in [1.29, 1.82) is 5.26 Å². The number of benzene rings is 1. The molecule has 1 aromatic carbocycles. The number of rotatable bonds is 3. The highest BCUT2D eigenvalue weighted by Gasteiger charge is 2.19. The van der Waals surface area contributed by atoms with Gasteiger partial charge < -0.3 is 15.0 Å². The Labute approximate surface area is 118 Å². The molecule has 104 valence electrons. The lowest BCUT2D eigenvalue weighted by molar-refractivity contribution is -0.127. The smallest absolute Gasteiger partial charge is 0.264 e. The van der Waals surface area contributed by atoms with E-state index in [1.807, 2.05) is 18.2 Å². The van der Waals surface area contributed by atoms with Gasteiger partial charge in [0.05, 0.1) is 7.11 Å². The van der Waals surface area contributed by atoms with Gasteiger partial charge in [-0.3, -0.25) is 4.79 Å². The van der Waals surface area contributed by atoms with Gasteiger partial charge in [0.25, 0.3) is 5.91 Å². The molecule has 1 N–H and O–H groups in total. The molecule has 0 unspecified atom stereocenters. The van der Waals surface area contributed by atoms with E-state index in [1.165, 1.54) is 0 Å². The molecule has 1 heterocycles. The maximum Gasteiger partial charge on any atom is 0.264 e. The van der Waals surface area contributed by atoms with E-state index >= 15 is 0 Å². The molecular formula is C15H17N3O2. The van der Waals surface area contributed by atoms with Gasteiger partial charge in [-0.2, -0.15) is 5.26 Å². The summed E-state index contributed by atoms with van der Waals surface area (Å²) in [6.45, 7) is 2.82. The first-order valence-electron chi connectivity index (χ1n) is 6.50. The van der Waals surface area contributed by atoms with Crippen molar-refractivity contribution in [3.8, 4) is 11.8 Å². The number of carbonyl (C=O) groups is 1. The summed E-state index contributed by atoms with van der Waals surface area (Å²) in [5.74, 6) is 0.541. The average Bonchev–Trinajstić information content (AvgIpc) is 2.53. The van der Waals surface area contributed by atoms with Gasteiger partial charge in [-0.1, -0.05) is 12.1 Å². The maximum absolute atomic E-state index is 12.2. The van der Waals surface area contributed by atoms with Crippen LogP contribution in [0.4, 0.5) is 0 Å². The average molecular weight is 271 g/mol. The first-order valence-corrected chi connectivity index (χ1v) is 6.50. The second-order valence-corrected chi connectivity index (χ2v) is 4.49. The molecule has 0 saturated carbocycles. The summed E-state index contributed by atoms with van der Waals surface area (Å²) < 4.78 is 5.08. The van der Waals surface area contributed by atoms with Gasteiger partial charge in [-0.05, 0) is 23.8 Å². The second kappa shape index (κ2) is 6.73. The number of hydrogen-bond acceptors (Lipinski definition) is 4. The van der Waals surface area contributed by atoms with E-state index in [-0.39, 0.29) is 11.5 Å². The second-order valence-electron chi connectivity index (χ2n) is 4.49. The van der Waals surface area contributed by atoms with Crippen molar-refractivity contribution in [2.45, 2.75) is 0 Å². The van der Waals surface area contributed by atoms with Crippen molar-refractivity contribution in [1.82, 2.24) is 10.2 Å². The first kappa shape index (κ1) is 14.1. The summed E-state index contributed by atoms with van der Waals surface area (Å²) in [7, 11) is 1.60. The SMILES string of the molecule is COc1ccc(/C=C(\C#N)C(=O)N2CCNCC2)cc1. The maximum atomic E-state index is 12.2. The minimum absolute atomic E-state index is 0.164. The van der Waals surface area contributed by atoms with E-state index in [0.717, 1.165) is 24.4 Å². The quantitative estimate of drug-likeness (QED) is 0.659. The minimum Gasteiger partial charge on any atom is -0.497 e. The zero-order valence-corrected chi connectivity index (χ0v) is 11.4. The highest BCUT2D eigenvalue weighted by atomic mass is 16.5. The van der Waals surface area contributed by atoms with Crippen LogP contribution in [0.15, 0.2) is 29.8 Å². The molecule has 20 heavy (non-hydrogen) atoms. The van der Waals surface area contributed by atoms with Crippen LogP contribution in [0.25, 0.3) is 6.08 Å². The van der Waals surface area contributed by atoms with Crippen molar-refractivity contribution in [2.24, 2.45) is 0 Å². The van der Waals surface area contributed by atoms with E-state index in [1.54, 1.807) is 30.2 Å². The normalized spacial score (nSPS) is 15.6. The van der Waals surface area contributed by atoms with Crippen molar-refractivity contribution < 1.29 is 9.53 Å². The van der Waals surface area contributed by atoms with Crippen LogP contribution in [-0.2, 0) is 4.79 Å². The summed E-state index contributed by atoms with van der Waals surface area (Å²) in [4.78, 5) is 13.9. The molecule has 1 amide bonds. The van der Waals surface area contributed by atoms with Crippen LogP contribution in [0, 0.1) is 11.3 Å². The lowest BCUT2D eigenvalue weighted by Crippen LogP contribution is -2.46. The van der Waals surface area contributed by atoms with E-state index in [4.69, 9.17) is 4.74 Å². The number of nitriles is 1. The van der Waals surface area contributed by atoms with E-state index < -0.39 is 0 Å². The van der Waals surface area contributed by atoms with Crippen molar-refractivity contribution in [3.05, 3.63) is 35.4 Å². The third-order valence-corrected chi connectivity index (χ3v) is 3.18. The van der Waals surface area contributed by atoms with Crippen molar-refractivity contribution in [2.75, 3.05) is 33.3 Å². The lowest BCUT2D eigenvalue weighted by Gasteiger charge is -2.27. The monoisotopic (exact) mass is 271 g/mol. The van der Waals surface area contributed by atoms with Gasteiger partial charge in [0.1, 0.15) is 17.4 Å². The Hall–Kier alpha value is -2.32. The van der Waals surface area contributed by atoms with Gasteiger partial charge in [0.2, 0.25) is 0 Å². The summed E-state index contributed by atoms with van der Waals surface area (Å²) in [5, 5.41) is 12.4. The Balaban J connectivity index is 2.15. The predicted octanol–water partition coefficient (Wildman–Crippen LogP) is 1.03. The highest BCUT2D eigenvalue weighted by molar-refractivity contribution is 6.01. The number of piperazine rings is 1. The van der Waals surface area contributed by atoms with Gasteiger partial charge >= 0.3 is 0 Å². The molecule has 5 nitrogen and oxygen atoms in total. The standard InChI is InChI=1S/C15H17N3O2/c1-20-14-4-2-12(3-5-14)10-13(11-16)15(19)18-8-6-17-7-9-18/h2-5,10,17H,6-9H2,1H3/b13-10+. The topological polar surface area (TPSA) is 65.4 Å². The molecule has 1 aromatic rings. The molecule has 5 heteroatoms. The number of methoxy groups -OCH3 is 1. The fraction of sp³-hybridized carbons (Fsp3) is 0.333. The molecule has 2 rings (SSSR count). The number of hydrogen-bond donors (Lipinski definition) is 1. The van der Waals surface area contributed by atoms with E-state index in [2.05, 4.69) is 5.32 Å². The molecule has 0 aliphatic carbocycles. The number of carbonyl (C=O) groups excluding carboxylic acids is 1. The largest absolute Gasteiger partial charge is 0.497 e. The third kappa shape index (κ3) is 3.37. The Morgan fingerprint density at radius 3 is 2.55 bits per heavy atom. The van der Waals surface area contributed by atoms with Crippen molar-refractivity contribution >= 4 is 12.0 Å². The van der Waals surface area contributed by atoms with Crippen LogP contribution in [0.2, 0.25) is 0 Å². The highest BCUT2D eigenvalue weighted by Crippen LogP contribution is 2.15. The molecule has 1 saturated heterocycles. The van der Waals surface area contributed by atoms with Crippen LogP contribution < -0.4 is 10.1 Å². The summed E-state index contributed by atoms with van der Waals surface area (Å²) in [5.41, 5.74) is 0.975. The molecule has 0 bridgehead atoms. The molecule has 1 aliphatic heterocycles. The van der Waals surface area contributed by atoms with Gasteiger partial charge in [-0.15, -0.1) is 0 Å².